The molecule has 0 saturated carbocycles. The average Bonchev–Trinajstić information content (AvgIpc) is 2.58. The van der Waals surface area contributed by atoms with Gasteiger partial charge in [0.05, 0.1) is 5.70 Å². The Morgan fingerprint density at radius 1 is 1.08 bits per heavy atom. The van der Waals surface area contributed by atoms with E-state index >= 15 is 0 Å². The van der Waals surface area contributed by atoms with Gasteiger partial charge < -0.3 is 11.2 Å². The smallest absolute Gasteiger partial charge is 0.159 e. The number of aldehydes is 1. The first-order valence-corrected chi connectivity index (χ1v) is 7.74. The van der Waals surface area contributed by atoms with Crippen LogP contribution in [0, 0.1) is 11.6 Å². The van der Waals surface area contributed by atoms with Crippen molar-refractivity contribution in [1.82, 2.24) is 10.4 Å². The first-order chi connectivity index (χ1) is 12.2. The molecule has 0 atom stereocenters. The van der Waals surface area contributed by atoms with Crippen LogP contribution in [0.5, 0.6) is 0 Å². The number of rotatable bonds is 6. The van der Waals surface area contributed by atoms with Crippen LogP contribution in [0.25, 0.3) is 11.3 Å². The minimum atomic E-state index is -1.05. The number of ketones is 1. The molecule has 0 heterocycles. The molecule has 0 unspecified atom stereocenters. The van der Waals surface area contributed by atoms with Gasteiger partial charge in [0.2, 0.25) is 0 Å². The largest absolute Gasteiger partial charge is 0.398 e. The minimum Gasteiger partial charge on any atom is -0.398 e. The van der Waals surface area contributed by atoms with E-state index in [0.717, 1.165) is 12.1 Å². The summed E-state index contributed by atoms with van der Waals surface area (Å²) in [6.07, 6.45) is 0.558. The van der Waals surface area contributed by atoms with Gasteiger partial charge in [0.1, 0.15) is 0 Å². The monoisotopic (exact) mass is 359 g/mol. The number of nitrogen functional groups attached to an aromatic ring is 1. The molecule has 0 spiro atoms. The van der Waals surface area contributed by atoms with E-state index < -0.39 is 11.6 Å². The highest BCUT2D eigenvalue weighted by Crippen LogP contribution is 2.29. The Labute approximate surface area is 150 Å². The fraction of sp³-hybridized carbons (Fsp3) is 0.158. The molecular weight excluding hydrogens is 340 g/mol. The fourth-order valence-corrected chi connectivity index (χ4v) is 2.42. The van der Waals surface area contributed by atoms with Crippen molar-refractivity contribution in [3.63, 3.8) is 0 Å². The number of Topliss-reactive ketones (excluding diaryl/α,β-unsaturated/α-hetero) is 1. The summed E-state index contributed by atoms with van der Waals surface area (Å²) >= 11 is 0. The number of hydrogen-bond acceptors (Lipinski definition) is 5. The molecule has 7 heteroatoms. The van der Waals surface area contributed by atoms with Crippen LogP contribution in [0.15, 0.2) is 36.4 Å². The topological polar surface area (TPSA) is 75.4 Å². The molecule has 2 aromatic rings. The maximum atomic E-state index is 13.7. The third kappa shape index (κ3) is 4.12. The van der Waals surface area contributed by atoms with Gasteiger partial charge in [-0.05, 0) is 43.3 Å². The second kappa shape index (κ2) is 7.88. The summed E-state index contributed by atoms with van der Waals surface area (Å²) in [6, 6.07) is 7.88. The van der Waals surface area contributed by atoms with E-state index in [0.29, 0.717) is 17.4 Å². The van der Waals surface area contributed by atoms with Crippen molar-refractivity contribution >= 4 is 29.0 Å². The highest BCUT2D eigenvalue weighted by atomic mass is 19.2. The normalized spacial score (nSPS) is 11.9. The zero-order chi connectivity index (χ0) is 19.4. The molecule has 0 aliphatic carbocycles. The van der Waals surface area contributed by atoms with Gasteiger partial charge in [0.25, 0.3) is 0 Å². The van der Waals surface area contributed by atoms with Crippen molar-refractivity contribution in [1.29, 1.82) is 0 Å². The first-order valence-electron chi connectivity index (χ1n) is 7.74. The molecule has 0 aromatic heterocycles. The van der Waals surface area contributed by atoms with Gasteiger partial charge in [0.15, 0.2) is 23.7 Å². The van der Waals surface area contributed by atoms with E-state index in [1.54, 1.807) is 25.2 Å². The van der Waals surface area contributed by atoms with Crippen LogP contribution in [0.2, 0.25) is 0 Å². The van der Waals surface area contributed by atoms with Gasteiger partial charge >= 0.3 is 0 Å². The Kier molecular flexibility index (Phi) is 5.84. The van der Waals surface area contributed by atoms with E-state index in [4.69, 9.17) is 5.73 Å². The lowest BCUT2D eigenvalue weighted by atomic mass is 9.96. The van der Waals surface area contributed by atoms with Crippen molar-refractivity contribution < 1.29 is 18.4 Å². The third-order valence-corrected chi connectivity index (χ3v) is 3.68. The van der Waals surface area contributed by atoms with Crippen molar-refractivity contribution in [2.75, 3.05) is 19.8 Å². The van der Waals surface area contributed by atoms with Crippen LogP contribution < -0.4 is 11.2 Å². The minimum absolute atomic E-state index is 0.116. The van der Waals surface area contributed by atoms with Crippen LogP contribution in [-0.2, 0) is 4.79 Å². The van der Waals surface area contributed by atoms with Crippen LogP contribution in [0.4, 0.5) is 14.5 Å². The van der Waals surface area contributed by atoms with Gasteiger partial charge in [-0.15, -0.1) is 0 Å². The van der Waals surface area contributed by atoms with Crippen molar-refractivity contribution in [3.8, 4) is 0 Å². The van der Waals surface area contributed by atoms with Gasteiger partial charge in [-0.3, -0.25) is 9.59 Å². The Bertz CT molecular complexity index is 892. The van der Waals surface area contributed by atoms with Crippen molar-refractivity contribution in [3.05, 3.63) is 64.7 Å². The second-order valence-electron chi connectivity index (χ2n) is 5.90. The number of benzene rings is 2. The predicted molar refractivity (Wildman–Crippen MR) is 96.9 cm³/mol. The maximum Gasteiger partial charge on any atom is 0.159 e. The number of carbonyl (C=O) groups excluding carboxylic acids is 2. The lowest BCUT2D eigenvalue weighted by Gasteiger charge is -2.20. The van der Waals surface area contributed by atoms with E-state index in [-0.39, 0.29) is 28.3 Å². The molecule has 0 radical (unpaired) electrons. The van der Waals surface area contributed by atoms with E-state index in [2.05, 4.69) is 5.43 Å². The molecule has 0 aliphatic heterocycles. The van der Waals surface area contributed by atoms with Crippen LogP contribution in [-0.4, -0.2) is 31.2 Å². The number of nitrogens with one attached hydrogen (secondary N) is 1. The van der Waals surface area contributed by atoms with Crippen molar-refractivity contribution in [2.24, 2.45) is 0 Å². The summed E-state index contributed by atoms with van der Waals surface area (Å²) in [5, 5.41) is 1.55. The molecule has 0 bridgehead atoms. The molecule has 3 N–H and O–H groups in total. The molecule has 0 fully saturated rings. The molecular formula is C19H19F2N3O2. The fourth-order valence-electron chi connectivity index (χ4n) is 2.42. The Balaban J connectivity index is 2.77. The van der Waals surface area contributed by atoms with E-state index in [1.807, 2.05) is 0 Å². The highest BCUT2D eigenvalue weighted by Gasteiger charge is 2.17. The predicted octanol–water partition coefficient (Wildman–Crippen LogP) is 2.88. The second-order valence-corrected chi connectivity index (χ2v) is 5.90. The highest BCUT2D eigenvalue weighted by molar-refractivity contribution is 6.19. The SMILES string of the molecule is CC(=O)c1ccc(N)c(/C(C=O)=C(/NN(C)C)c2ccc(F)c(F)c2)c1. The number of nitrogens with two attached hydrogens (primary N) is 1. The summed E-state index contributed by atoms with van der Waals surface area (Å²) in [6.45, 7) is 1.40. The van der Waals surface area contributed by atoms with E-state index in [9.17, 15) is 18.4 Å². The van der Waals surface area contributed by atoms with Gasteiger partial charge in [-0.2, -0.15) is 0 Å². The standard InChI is InChI=1S/C19H19F2N3O2/c1-11(26)12-5-7-18(22)14(8-12)15(10-25)19(23-24(2)3)13-4-6-16(20)17(21)9-13/h4-10,23H,22H2,1-3H3/b19-15+. The molecule has 0 aliphatic rings. The van der Waals surface area contributed by atoms with Crippen LogP contribution in [0.1, 0.15) is 28.4 Å². The summed E-state index contributed by atoms with van der Waals surface area (Å²) in [7, 11) is 3.36. The number of allylic oxidation sites excluding steroid dienone is 1. The molecule has 0 saturated heterocycles. The summed E-state index contributed by atoms with van der Waals surface area (Å²) in [5.74, 6) is -2.23. The summed E-state index contributed by atoms with van der Waals surface area (Å²) < 4.78 is 27.0. The maximum absolute atomic E-state index is 13.7. The molecule has 136 valence electrons. The van der Waals surface area contributed by atoms with Gasteiger partial charge in [-0.25, -0.2) is 13.8 Å². The van der Waals surface area contributed by atoms with Crippen LogP contribution >= 0.6 is 0 Å². The van der Waals surface area contributed by atoms with Crippen LogP contribution in [0.3, 0.4) is 0 Å². The Hall–Kier alpha value is -3.06. The third-order valence-electron chi connectivity index (χ3n) is 3.68. The molecule has 2 aromatic carbocycles. The van der Waals surface area contributed by atoms with Gasteiger partial charge in [-0.1, -0.05) is 0 Å². The van der Waals surface area contributed by atoms with Gasteiger partial charge in [0, 0.05) is 42.0 Å². The zero-order valence-corrected chi connectivity index (χ0v) is 14.6. The molecule has 0 amide bonds. The quantitative estimate of drug-likeness (QED) is 0.207. The summed E-state index contributed by atoms with van der Waals surface area (Å²) in [4.78, 5) is 23.5. The van der Waals surface area contributed by atoms with E-state index in [1.165, 1.54) is 25.1 Å². The van der Waals surface area contributed by atoms with Crippen molar-refractivity contribution in [2.45, 2.75) is 6.92 Å². The Morgan fingerprint density at radius 2 is 1.73 bits per heavy atom. The summed E-state index contributed by atoms with van der Waals surface area (Å²) in [5.41, 5.74) is 10.5. The molecule has 26 heavy (non-hydrogen) atoms. The lowest BCUT2D eigenvalue weighted by molar-refractivity contribution is -0.103. The first kappa shape index (κ1) is 19.3. The zero-order valence-electron chi connectivity index (χ0n) is 14.6. The number of hydrogen-bond donors (Lipinski definition) is 2. The molecule has 2 rings (SSSR count). The lowest BCUT2D eigenvalue weighted by Crippen LogP contribution is -2.30. The number of carbonyl (C=O) groups is 2. The number of anilines is 1. The number of nitrogens with zero attached hydrogens (tertiary/aromatic N) is 1. The average molecular weight is 359 g/mol. The molecule has 5 nitrogen and oxygen atoms in total. The Morgan fingerprint density at radius 3 is 2.27 bits per heavy atom. The number of halogens is 2. The number of hydrazine groups is 1.